The van der Waals surface area contributed by atoms with Gasteiger partial charge in [0.1, 0.15) is 5.69 Å². The molecule has 0 radical (unpaired) electrons. The third-order valence-corrected chi connectivity index (χ3v) is 5.93. The number of morpholine rings is 1. The quantitative estimate of drug-likeness (QED) is 0.204. The monoisotopic (exact) mass is 471 g/mol. The van der Waals surface area contributed by atoms with Crippen LogP contribution in [0.4, 0.5) is 11.4 Å². The van der Waals surface area contributed by atoms with Gasteiger partial charge in [-0.2, -0.15) is 9.78 Å². The minimum Gasteiger partial charge on any atom is -0.411 e. The van der Waals surface area contributed by atoms with Gasteiger partial charge in [-0.15, -0.1) is 0 Å². The Morgan fingerprint density at radius 3 is 2.54 bits per heavy atom. The van der Waals surface area contributed by atoms with Crippen LogP contribution in [0.5, 0.6) is 0 Å². The van der Waals surface area contributed by atoms with Crippen LogP contribution in [0.3, 0.4) is 0 Å². The Kier molecular flexibility index (Phi) is 5.94. The fourth-order valence-corrected chi connectivity index (χ4v) is 4.25. The summed E-state index contributed by atoms with van der Waals surface area (Å²) in [5.74, 6) is 0. The molecule has 1 N–H and O–H groups in total. The molecule has 1 aliphatic heterocycles. The maximum Gasteiger partial charge on any atom is 0.295 e. The molecule has 0 atom stereocenters. The molecule has 1 fully saturated rings. The molecule has 4 aromatic rings. The third-order valence-electron chi connectivity index (χ3n) is 5.93. The van der Waals surface area contributed by atoms with E-state index in [0.29, 0.717) is 53.9 Å². The minimum atomic E-state index is -0.514. The zero-order valence-electron chi connectivity index (χ0n) is 18.6. The van der Waals surface area contributed by atoms with Crippen LogP contribution in [0.2, 0.25) is 0 Å². The van der Waals surface area contributed by atoms with Gasteiger partial charge < -0.3 is 14.8 Å². The molecule has 5 rings (SSSR count). The van der Waals surface area contributed by atoms with Gasteiger partial charge in [0.15, 0.2) is 0 Å². The third kappa shape index (κ3) is 4.22. The molecule has 176 valence electrons. The summed E-state index contributed by atoms with van der Waals surface area (Å²) in [6.45, 7) is 2.39. The van der Waals surface area contributed by atoms with Crippen molar-refractivity contribution in [2.75, 3.05) is 31.2 Å². The molecule has 1 saturated heterocycles. The number of ether oxygens (including phenoxy) is 1. The summed E-state index contributed by atoms with van der Waals surface area (Å²) in [6.07, 6.45) is 1.29. The lowest BCUT2D eigenvalue weighted by Crippen LogP contribution is -2.36. The van der Waals surface area contributed by atoms with E-state index in [0.717, 1.165) is 10.4 Å². The second kappa shape index (κ2) is 9.35. The van der Waals surface area contributed by atoms with Crippen LogP contribution in [0.25, 0.3) is 27.7 Å². The number of aromatic nitrogens is 2. The Bertz CT molecular complexity index is 1510. The van der Waals surface area contributed by atoms with Gasteiger partial charge in [-0.3, -0.25) is 14.9 Å². The van der Waals surface area contributed by atoms with Gasteiger partial charge in [-0.25, -0.2) is 0 Å². The standard InChI is InChI=1S/C25H21N5O5/c31-25-21-7-2-1-6-20(21)24(18-5-3-4-17(14-18)16-26-32)27-29(25)23-15-19(8-9-22(23)30(33)34)28-10-12-35-13-11-28/h1-9,14-16,32H,10-13H2. The molecule has 10 nitrogen and oxygen atoms in total. The summed E-state index contributed by atoms with van der Waals surface area (Å²) in [4.78, 5) is 27.0. The van der Waals surface area contributed by atoms with E-state index in [4.69, 9.17) is 9.94 Å². The lowest BCUT2D eigenvalue weighted by molar-refractivity contribution is -0.384. The zero-order chi connectivity index (χ0) is 24.4. The van der Waals surface area contributed by atoms with Gasteiger partial charge in [-0.05, 0) is 29.8 Å². The second-order valence-electron chi connectivity index (χ2n) is 8.01. The van der Waals surface area contributed by atoms with Crippen molar-refractivity contribution >= 4 is 28.4 Å². The van der Waals surface area contributed by atoms with Crippen LogP contribution in [0.15, 0.2) is 76.7 Å². The maximum absolute atomic E-state index is 13.5. The highest BCUT2D eigenvalue weighted by atomic mass is 16.6. The van der Waals surface area contributed by atoms with E-state index in [1.54, 1.807) is 54.6 Å². The largest absolute Gasteiger partial charge is 0.411 e. The molecule has 0 amide bonds. The number of hydrogen-bond acceptors (Lipinski definition) is 8. The number of nitrogens with zero attached hydrogens (tertiary/aromatic N) is 5. The van der Waals surface area contributed by atoms with Crippen molar-refractivity contribution in [3.05, 3.63) is 92.8 Å². The predicted octanol–water partition coefficient (Wildman–Crippen LogP) is 3.61. The molecule has 0 spiro atoms. The van der Waals surface area contributed by atoms with Crippen molar-refractivity contribution in [3.63, 3.8) is 0 Å². The minimum absolute atomic E-state index is 0.0871. The molecule has 35 heavy (non-hydrogen) atoms. The Morgan fingerprint density at radius 2 is 1.80 bits per heavy atom. The molecule has 0 bridgehead atoms. The van der Waals surface area contributed by atoms with Crippen molar-refractivity contribution in [1.82, 2.24) is 9.78 Å². The lowest BCUT2D eigenvalue weighted by Gasteiger charge is -2.29. The van der Waals surface area contributed by atoms with Crippen LogP contribution in [-0.2, 0) is 4.74 Å². The normalized spacial score (nSPS) is 14.0. The number of hydrogen-bond donors (Lipinski definition) is 1. The molecule has 3 aromatic carbocycles. The molecule has 10 heteroatoms. The number of rotatable bonds is 5. The van der Waals surface area contributed by atoms with E-state index >= 15 is 0 Å². The van der Waals surface area contributed by atoms with Gasteiger partial charge in [0.25, 0.3) is 11.2 Å². The van der Waals surface area contributed by atoms with Crippen LogP contribution in [0.1, 0.15) is 5.56 Å². The van der Waals surface area contributed by atoms with Gasteiger partial charge in [0, 0.05) is 35.8 Å². The van der Waals surface area contributed by atoms with Crippen LogP contribution >= 0.6 is 0 Å². The SMILES string of the molecule is O=c1c2ccccc2c(-c2cccc(C=NO)c2)nn1-c1cc(N2CCOCC2)ccc1[N+](=O)[O-]. The summed E-state index contributed by atoms with van der Waals surface area (Å²) in [7, 11) is 0. The summed E-state index contributed by atoms with van der Waals surface area (Å²) in [5, 5.41) is 29.5. The Hall–Kier alpha value is -4.57. The molecular formula is C25H21N5O5. The van der Waals surface area contributed by atoms with Crippen molar-refractivity contribution in [1.29, 1.82) is 0 Å². The van der Waals surface area contributed by atoms with Gasteiger partial charge in [0.05, 0.1) is 35.4 Å². The van der Waals surface area contributed by atoms with E-state index in [1.165, 1.54) is 12.3 Å². The van der Waals surface area contributed by atoms with Crippen LogP contribution in [-0.4, -0.2) is 52.4 Å². The van der Waals surface area contributed by atoms with E-state index in [9.17, 15) is 14.9 Å². The number of fused-ring (bicyclic) bond motifs is 1. The predicted molar refractivity (Wildman–Crippen MR) is 132 cm³/mol. The van der Waals surface area contributed by atoms with Gasteiger partial charge in [0.2, 0.25) is 0 Å². The summed E-state index contributed by atoms with van der Waals surface area (Å²) in [6, 6.07) is 18.8. The smallest absolute Gasteiger partial charge is 0.295 e. The Balaban J connectivity index is 1.77. The highest BCUT2D eigenvalue weighted by Gasteiger charge is 2.23. The number of benzene rings is 3. The first-order chi connectivity index (χ1) is 17.1. The molecule has 0 saturated carbocycles. The van der Waals surface area contributed by atoms with Gasteiger partial charge >= 0.3 is 0 Å². The van der Waals surface area contributed by atoms with Crippen molar-refractivity contribution in [2.24, 2.45) is 5.16 Å². The van der Waals surface area contributed by atoms with Crippen LogP contribution < -0.4 is 10.5 Å². The number of nitro benzene ring substituents is 1. The second-order valence-corrected chi connectivity index (χ2v) is 8.01. The Labute approximate surface area is 199 Å². The highest BCUT2D eigenvalue weighted by Crippen LogP contribution is 2.30. The van der Waals surface area contributed by atoms with E-state index in [1.807, 2.05) is 6.07 Å². The highest BCUT2D eigenvalue weighted by molar-refractivity contribution is 5.95. The zero-order valence-corrected chi connectivity index (χ0v) is 18.6. The lowest BCUT2D eigenvalue weighted by atomic mass is 10.0. The first-order valence-electron chi connectivity index (χ1n) is 11.0. The molecular weight excluding hydrogens is 450 g/mol. The average Bonchev–Trinajstić information content (AvgIpc) is 2.89. The van der Waals surface area contributed by atoms with Crippen molar-refractivity contribution in [3.8, 4) is 16.9 Å². The molecule has 0 unspecified atom stereocenters. The first-order valence-corrected chi connectivity index (χ1v) is 11.0. The van der Waals surface area contributed by atoms with Gasteiger partial charge in [-0.1, -0.05) is 41.6 Å². The van der Waals surface area contributed by atoms with Crippen molar-refractivity contribution < 1.29 is 14.9 Å². The first kappa shape index (κ1) is 22.2. The van der Waals surface area contributed by atoms with E-state index < -0.39 is 10.5 Å². The fourth-order valence-electron chi connectivity index (χ4n) is 4.25. The molecule has 1 aromatic heterocycles. The topological polar surface area (TPSA) is 123 Å². The molecule has 0 aliphatic carbocycles. The van der Waals surface area contributed by atoms with E-state index in [-0.39, 0.29) is 11.4 Å². The number of anilines is 1. The Morgan fingerprint density at radius 1 is 1.03 bits per heavy atom. The summed E-state index contributed by atoms with van der Waals surface area (Å²) >= 11 is 0. The number of nitro groups is 1. The number of oxime groups is 1. The van der Waals surface area contributed by atoms with E-state index in [2.05, 4.69) is 15.2 Å². The van der Waals surface area contributed by atoms with Crippen molar-refractivity contribution in [2.45, 2.75) is 0 Å². The molecule has 1 aliphatic rings. The fraction of sp³-hybridized carbons (Fsp3) is 0.160. The van der Waals surface area contributed by atoms with Crippen LogP contribution in [0, 0.1) is 10.1 Å². The average molecular weight is 471 g/mol. The summed E-state index contributed by atoms with van der Waals surface area (Å²) in [5.41, 5.74) is 1.92. The molecule has 2 heterocycles. The maximum atomic E-state index is 13.5. The summed E-state index contributed by atoms with van der Waals surface area (Å²) < 4.78 is 6.52.